The van der Waals surface area contributed by atoms with E-state index >= 15 is 0 Å². The van der Waals surface area contributed by atoms with Gasteiger partial charge in [0.2, 0.25) is 0 Å². The lowest BCUT2D eigenvalue weighted by atomic mass is 10.0. The molecule has 0 atom stereocenters. The fraction of sp³-hybridized carbons (Fsp3) is 0.773. The molecule has 0 fully saturated rings. The largest absolute Gasteiger partial charge is 0.300 e. The van der Waals surface area contributed by atoms with Crippen molar-refractivity contribution < 1.29 is 4.79 Å². The van der Waals surface area contributed by atoms with Gasteiger partial charge in [0.15, 0.2) is 0 Å². The lowest BCUT2D eigenvalue weighted by Crippen LogP contribution is -1.97. The molecule has 0 heterocycles. The first-order valence-electron chi connectivity index (χ1n) is 10.0. The Bertz CT molecular complexity index is 280. The Balaban J connectivity index is 3.16. The maximum atomic E-state index is 11.8. The molecule has 0 aliphatic rings. The van der Waals surface area contributed by atoms with Gasteiger partial charge < -0.3 is 0 Å². The van der Waals surface area contributed by atoms with E-state index in [2.05, 4.69) is 13.2 Å². The second kappa shape index (κ2) is 19.2. The van der Waals surface area contributed by atoms with Crippen LogP contribution in [0.2, 0.25) is 0 Å². The number of carbonyl (C=O) groups excluding carboxylic acids is 1. The summed E-state index contributed by atoms with van der Waals surface area (Å²) in [5.41, 5.74) is 0. The molecule has 0 N–H and O–H groups in total. The van der Waals surface area contributed by atoms with E-state index in [1.807, 2.05) is 12.2 Å². The van der Waals surface area contributed by atoms with Crippen molar-refractivity contribution in [3.05, 3.63) is 25.3 Å². The Morgan fingerprint density at radius 3 is 1.17 bits per heavy atom. The molecule has 1 heteroatoms. The molecule has 0 saturated heterocycles. The molecule has 0 unspecified atom stereocenters. The zero-order valence-electron chi connectivity index (χ0n) is 15.5. The molecule has 1 nitrogen and oxygen atoms in total. The first kappa shape index (κ1) is 22.1. The molecule has 0 aromatic rings. The van der Waals surface area contributed by atoms with Crippen molar-refractivity contribution in [3.63, 3.8) is 0 Å². The minimum atomic E-state index is 0.489. The summed E-state index contributed by atoms with van der Waals surface area (Å²) in [7, 11) is 0. The Morgan fingerprint density at radius 2 is 0.826 bits per heavy atom. The van der Waals surface area contributed by atoms with Gasteiger partial charge in [-0.25, -0.2) is 0 Å². The molecular weight excluding hydrogens is 280 g/mol. The number of rotatable bonds is 19. The summed E-state index contributed by atoms with van der Waals surface area (Å²) >= 11 is 0. The second-order valence-corrected chi connectivity index (χ2v) is 6.79. The SMILES string of the molecule is C=CCCCCCCCCCC(=O)CCCCCCCCC=C. The molecule has 0 amide bonds. The number of unbranched alkanes of at least 4 members (excludes halogenated alkanes) is 13. The van der Waals surface area contributed by atoms with Gasteiger partial charge in [0.05, 0.1) is 0 Å². The van der Waals surface area contributed by atoms with Crippen LogP contribution >= 0.6 is 0 Å². The number of hydrogen-bond donors (Lipinski definition) is 0. The molecule has 0 bridgehead atoms. The van der Waals surface area contributed by atoms with Gasteiger partial charge in [-0.15, -0.1) is 13.2 Å². The summed E-state index contributed by atoms with van der Waals surface area (Å²) in [6, 6.07) is 0. The van der Waals surface area contributed by atoms with Gasteiger partial charge in [-0.05, 0) is 38.5 Å². The van der Waals surface area contributed by atoms with E-state index in [1.54, 1.807) is 0 Å². The van der Waals surface area contributed by atoms with E-state index in [9.17, 15) is 4.79 Å². The van der Waals surface area contributed by atoms with E-state index in [-0.39, 0.29) is 0 Å². The monoisotopic (exact) mass is 320 g/mol. The van der Waals surface area contributed by atoms with Gasteiger partial charge in [0.25, 0.3) is 0 Å². The van der Waals surface area contributed by atoms with Crippen molar-refractivity contribution in [1.82, 2.24) is 0 Å². The maximum absolute atomic E-state index is 11.8. The van der Waals surface area contributed by atoms with Crippen LogP contribution in [0.3, 0.4) is 0 Å². The van der Waals surface area contributed by atoms with E-state index in [4.69, 9.17) is 0 Å². The van der Waals surface area contributed by atoms with Crippen molar-refractivity contribution in [3.8, 4) is 0 Å². The molecule has 0 saturated carbocycles. The van der Waals surface area contributed by atoms with Gasteiger partial charge in [0.1, 0.15) is 5.78 Å². The molecule has 0 aromatic carbocycles. The number of carbonyl (C=O) groups is 1. The molecule has 23 heavy (non-hydrogen) atoms. The number of ketones is 1. The highest BCUT2D eigenvalue weighted by molar-refractivity contribution is 5.78. The molecule has 0 aliphatic carbocycles. The highest BCUT2D eigenvalue weighted by Crippen LogP contribution is 2.12. The smallest absolute Gasteiger partial charge is 0.132 e. The van der Waals surface area contributed by atoms with Gasteiger partial charge >= 0.3 is 0 Å². The van der Waals surface area contributed by atoms with Crippen LogP contribution in [-0.2, 0) is 4.79 Å². The molecule has 0 aliphatic heterocycles. The lowest BCUT2D eigenvalue weighted by Gasteiger charge is -2.03. The molecule has 0 spiro atoms. The molecule has 0 radical (unpaired) electrons. The van der Waals surface area contributed by atoms with Gasteiger partial charge in [0, 0.05) is 12.8 Å². The fourth-order valence-corrected chi connectivity index (χ4v) is 2.94. The molecule has 0 aromatic heterocycles. The maximum Gasteiger partial charge on any atom is 0.132 e. The summed E-state index contributed by atoms with van der Waals surface area (Å²) in [5.74, 6) is 0.489. The van der Waals surface area contributed by atoms with Crippen LogP contribution in [-0.4, -0.2) is 5.78 Å². The van der Waals surface area contributed by atoms with Gasteiger partial charge in [-0.2, -0.15) is 0 Å². The Hall–Kier alpha value is -0.850. The average Bonchev–Trinajstić information content (AvgIpc) is 2.56. The Labute approximate surface area is 145 Å². The van der Waals surface area contributed by atoms with Gasteiger partial charge in [-0.1, -0.05) is 69.9 Å². The quantitative estimate of drug-likeness (QED) is 0.177. The highest BCUT2D eigenvalue weighted by atomic mass is 16.1. The van der Waals surface area contributed by atoms with Crippen molar-refractivity contribution in [2.24, 2.45) is 0 Å². The summed E-state index contributed by atoms with van der Waals surface area (Å²) < 4.78 is 0. The van der Waals surface area contributed by atoms with E-state index in [0.29, 0.717) is 5.78 Å². The van der Waals surface area contributed by atoms with Crippen LogP contribution in [0.5, 0.6) is 0 Å². The summed E-state index contributed by atoms with van der Waals surface area (Å²) in [6.07, 6.45) is 24.4. The van der Waals surface area contributed by atoms with Crippen molar-refractivity contribution in [1.29, 1.82) is 0 Å². The van der Waals surface area contributed by atoms with Crippen LogP contribution in [0.4, 0.5) is 0 Å². The number of hydrogen-bond acceptors (Lipinski definition) is 1. The van der Waals surface area contributed by atoms with Crippen molar-refractivity contribution in [2.75, 3.05) is 0 Å². The second-order valence-electron chi connectivity index (χ2n) is 6.79. The van der Waals surface area contributed by atoms with Crippen LogP contribution in [0, 0.1) is 0 Å². The third-order valence-corrected chi connectivity index (χ3v) is 4.48. The van der Waals surface area contributed by atoms with Gasteiger partial charge in [-0.3, -0.25) is 4.79 Å². The minimum Gasteiger partial charge on any atom is -0.300 e. The normalized spacial score (nSPS) is 10.6. The summed E-state index contributed by atoms with van der Waals surface area (Å²) in [6.45, 7) is 7.49. The zero-order valence-corrected chi connectivity index (χ0v) is 15.5. The van der Waals surface area contributed by atoms with E-state index in [0.717, 1.165) is 38.5 Å². The predicted octanol–water partition coefficient (Wildman–Crippen LogP) is 7.56. The predicted molar refractivity (Wildman–Crippen MR) is 104 cm³/mol. The zero-order chi connectivity index (χ0) is 17.0. The van der Waals surface area contributed by atoms with Crippen LogP contribution in [0.1, 0.15) is 109 Å². The van der Waals surface area contributed by atoms with Crippen LogP contribution < -0.4 is 0 Å². The molecular formula is C22H40O. The van der Waals surface area contributed by atoms with E-state index in [1.165, 1.54) is 70.6 Å². The van der Waals surface area contributed by atoms with Crippen LogP contribution in [0.15, 0.2) is 25.3 Å². The topological polar surface area (TPSA) is 17.1 Å². The first-order chi connectivity index (χ1) is 11.3. The first-order valence-corrected chi connectivity index (χ1v) is 10.0. The number of allylic oxidation sites excluding steroid dienone is 2. The fourth-order valence-electron chi connectivity index (χ4n) is 2.94. The minimum absolute atomic E-state index is 0.489. The Morgan fingerprint density at radius 1 is 0.522 bits per heavy atom. The third kappa shape index (κ3) is 19.1. The molecule has 0 rings (SSSR count). The number of Topliss-reactive ketones (excluding diaryl/α,β-unsaturated/α-hetero) is 1. The summed E-state index contributed by atoms with van der Waals surface area (Å²) in [4.78, 5) is 11.8. The molecule has 134 valence electrons. The van der Waals surface area contributed by atoms with Crippen molar-refractivity contribution >= 4 is 5.78 Å². The van der Waals surface area contributed by atoms with Crippen LogP contribution in [0.25, 0.3) is 0 Å². The average molecular weight is 321 g/mol. The van der Waals surface area contributed by atoms with E-state index < -0.39 is 0 Å². The standard InChI is InChI=1S/C22H40O/c1-3-5-7-9-11-13-15-17-19-21-22(23)20-18-16-14-12-10-8-6-4-2/h3-4H,1-2,5-21H2. The Kier molecular flexibility index (Phi) is 18.5. The lowest BCUT2D eigenvalue weighted by molar-refractivity contribution is -0.119. The van der Waals surface area contributed by atoms with Crippen molar-refractivity contribution in [2.45, 2.75) is 109 Å². The summed E-state index contributed by atoms with van der Waals surface area (Å²) in [5, 5.41) is 0. The highest BCUT2D eigenvalue weighted by Gasteiger charge is 2.01. The third-order valence-electron chi connectivity index (χ3n) is 4.48.